The molecule has 1 heterocycles. The topological polar surface area (TPSA) is 49.7 Å². The Morgan fingerprint density at radius 2 is 1.39 bits per heavy atom. The second kappa shape index (κ2) is 7.81. The van der Waals surface area contributed by atoms with Gasteiger partial charge in [-0.15, -0.1) is 0 Å². The van der Waals surface area contributed by atoms with Gasteiger partial charge in [-0.05, 0) is 47.5 Å². The third kappa shape index (κ3) is 3.79. The van der Waals surface area contributed by atoms with Gasteiger partial charge in [-0.3, -0.25) is 0 Å². The van der Waals surface area contributed by atoms with Crippen LogP contribution in [0.2, 0.25) is 0 Å². The Morgan fingerprint density at radius 1 is 0.821 bits per heavy atom. The molecule has 3 aromatic rings. The van der Waals surface area contributed by atoms with Crippen molar-refractivity contribution in [3.63, 3.8) is 0 Å². The van der Waals surface area contributed by atoms with E-state index < -0.39 is 16.1 Å². The first-order chi connectivity index (χ1) is 13.4. The number of benzene rings is 3. The molecule has 0 radical (unpaired) electrons. The predicted molar refractivity (Wildman–Crippen MR) is 118 cm³/mol. The maximum Gasteiger partial charge on any atom is 0.279 e. The standard InChI is InChI=1S/C21H16Br2N2O2S/c22-17-10-6-15(7-11-17)20-14-21(16-8-12-18(23)13-9-16)25(24-20)28(26,27)19-4-2-1-3-5-19/h1-13,21H,14H2/t21-/m0/s1. The van der Waals surface area contributed by atoms with Crippen molar-refractivity contribution in [3.8, 4) is 0 Å². The van der Waals surface area contributed by atoms with Crippen molar-refractivity contribution in [1.29, 1.82) is 0 Å². The highest BCUT2D eigenvalue weighted by Crippen LogP contribution is 2.37. The molecule has 0 aromatic heterocycles. The minimum absolute atomic E-state index is 0.234. The molecule has 0 N–H and O–H groups in total. The second-order valence-corrected chi connectivity index (χ2v) is 10.0. The number of rotatable bonds is 4. The summed E-state index contributed by atoms with van der Waals surface area (Å²) >= 11 is 6.87. The number of halogens is 2. The lowest BCUT2D eigenvalue weighted by atomic mass is 9.99. The molecule has 0 fully saturated rings. The summed E-state index contributed by atoms with van der Waals surface area (Å²) in [6, 6.07) is 23.5. The van der Waals surface area contributed by atoms with Crippen molar-refractivity contribution < 1.29 is 8.42 Å². The number of hydrazone groups is 1. The molecule has 0 spiro atoms. The highest BCUT2D eigenvalue weighted by molar-refractivity contribution is 9.10. The van der Waals surface area contributed by atoms with Crippen LogP contribution in [-0.2, 0) is 10.0 Å². The summed E-state index contributed by atoms with van der Waals surface area (Å²) in [5, 5.41) is 4.55. The van der Waals surface area contributed by atoms with Crippen molar-refractivity contribution in [3.05, 3.63) is 98.9 Å². The fraction of sp³-hybridized carbons (Fsp3) is 0.0952. The van der Waals surface area contributed by atoms with Gasteiger partial charge in [-0.2, -0.15) is 17.9 Å². The largest absolute Gasteiger partial charge is 0.279 e. The normalized spacial score (nSPS) is 16.9. The van der Waals surface area contributed by atoms with E-state index in [-0.39, 0.29) is 4.90 Å². The van der Waals surface area contributed by atoms with Crippen LogP contribution in [0.5, 0.6) is 0 Å². The zero-order chi connectivity index (χ0) is 19.7. The van der Waals surface area contributed by atoms with Crippen LogP contribution in [0, 0.1) is 0 Å². The molecule has 28 heavy (non-hydrogen) atoms. The molecule has 1 aliphatic rings. The molecule has 142 valence electrons. The molecule has 7 heteroatoms. The van der Waals surface area contributed by atoms with Gasteiger partial charge in [0.1, 0.15) is 0 Å². The minimum Gasteiger partial charge on any atom is -0.200 e. The maximum absolute atomic E-state index is 13.3. The summed E-state index contributed by atoms with van der Waals surface area (Å²) in [6.45, 7) is 0. The van der Waals surface area contributed by atoms with Gasteiger partial charge in [0, 0.05) is 15.4 Å². The van der Waals surface area contributed by atoms with Gasteiger partial charge in [-0.1, -0.05) is 74.3 Å². The van der Waals surface area contributed by atoms with E-state index in [9.17, 15) is 8.42 Å². The van der Waals surface area contributed by atoms with E-state index in [0.29, 0.717) is 6.42 Å². The van der Waals surface area contributed by atoms with Crippen LogP contribution in [0.15, 0.2) is 97.8 Å². The molecular weight excluding hydrogens is 504 g/mol. The molecule has 1 aliphatic heterocycles. The number of hydrogen-bond donors (Lipinski definition) is 0. The van der Waals surface area contributed by atoms with Crippen molar-refractivity contribution >= 4 is 47.6 Å². The van der Waals surface area contributed by atoms with E-state index in [1.165, 1.54) is 4.41 Å². The maximum atomic E-state index is 13.3. The molecule has 0 saturated heterocycles. The molecule has 0 unspecified atom stereocenters. The van der Waals surface area contributed by atoms with Crippen LogP contribution >= 0.6 is 31.9 Å². The molecule has 3 aromatic carbocycles. The summed E-state index contributed by atoms with van der Waals surface area (Å²) in [5.74, 6) is 0. The van der Waals surface area contributed by atoms with Gasteiger partial charge in [0.15, 0.2) is 0 Å². The average Bonchev–Trinajstić information content (AvgIpc) is 3.16. The van der Waals surface area contributed by atoms with Gasteiger partial charge in [0.25, 0.3) is 10.0 Å². The first-order valence-electron chi connectivity index (χ1n) is 8.63. The number of sulfonamides is 1. The van der Waals surface area contributed by atoms with E-state index in [0.717, 1.165) is 25.8 Å². The van der Waals surface area contributed by atoms with Crippen LogP contribution in [0.1, 0.15) is 23.6 Å². The number of hydrogen-bond acceptors (Lipinski definition) is 3. The quantitative estimate of drug-likeness (QED) is 0.440. The summed E-state index contributed by atoms with van der Waals surface area (Å²) in [4.78, 5) is 0.234. The summed E-state index contributed by atoms with van der Waals surface area (Å²) in [7, 11) is -3.77. The minimum atomic E-state index is -3.77. The Morgan fingerprint density at radius 3 is 2.00 bits per heavy atom. The van der Waals surface area contributed by atoms with Crippen LogP contribution in [-0.4, -0.2) is 18.5 Å². The summed E-state index contributed by atoms with van der Waals surface area (Å²) in [6.07, 6.45) is 0.509. The highest BCUT2D eigenvalue weighted by atomic mass is 79.9. The lowest BCUT2D eigenvalue weighted by Gasteiger charge is -2.23. The van der Waals surface area contributed by atoms with Gasteiger partial charge in [0.2, 0.25) is 0 Å². The molecule has 0 bridgehead atoms. The van der Waals surface area contributed by atoms with Crippen LogP contribution < -0.4 is 0 Å². The van der Waals surface area contributed by atoms with Gasteiger partial charge < -0.3 is 0 Å². The highest BCUT2D eigenvalue weighted by Gasteiger charge is 2.37. The second-order valence-electron chi connectivity index (χ2n) is 6.42. The molecule has 0 amide bonds. The molecular formula is C21H16Br2N2O2S. The van der Waals surface area contributed by atoms with E-state index in [2.05, 4.69) is 37.0 Å². The van der Waals surface area contributed by atoms with Gasteiger partial charge in [0.05, 0.1) is 16.6 Å². The van der Waals surface area contributed by atoms with Crippen molar-refractivity contribution in [2.75, 3.05) is 0 Å². The van der Waals surface area contributed by atoms with E-state index in [1.807, 2.05) is 48.5 Å². The summed E-state index contributed by atoms with van der Waals surface area (Å²) in [5.41, 5.74) is 2.56. The average molecular weight is 520 g/mol. The summed E-state index contributed by atoms with van der Waals surface area (Å²) < 4.78 is 29.8. The molecule has 0 aliphatic carbocycles. The molecule has 4 nitrogen and oxygen atoms in total. The van der Waals surface area contributed by atoms with Crippen LogP contribution in [0.4, 0.5) is 0 Å². The first kappa shape index (κ1) is 19.4. The molecule has 4 rings (SSSR count). The third-order valence-electron chi connectivity index (χ3n) is 4.59. The lowest BCUT2D eigenvalue weighted by molar-refractivity contribution is 0.371. The predicted octanol–water partition coefficient (Wildman–Crippen LogP) is 5.75. The smallest absolute Gasteiger partial charge is 0.200 e. The fourth-order valence-corrected chi connectivity index (χ4v) is 5.14. The molecule has 1 atom stereocenters. The van der Waals surface area contributed by atoms with E-state index in [1.54, 1.807) is 30.3 Å². The first-order valence-corrected chi connectivity index (χ1v) is 11.7. The fourth-order valence-electron chi connectivity index (χ4n) is 3.16. The monoisotopic (exact) mass is 518 g/mol. The third-order valence-corrected chi connectivity index (χ3v) is 7.35. The Kier molecular flexibility index (Phi) is 5.40. The van der Waals surface area contributed by atoms with Crippen molar-refractivity contribution in [1.82, 2.24) is 4.41 Å². The Bertz CT molecular complexity index is 1110. The Hall–Kier alpha value is -1.96. The lowest BCUT2D eigenvalue weighted by Crippen LogP contribution is -2.27. The zero-order valence-corrected chi connectivity index (χ0v) is 18.7. The van der Waals surface area contributed by atoms with Crippen molar-refractivity contribution in [2.24, 2.45) is 5.10 Å². The van der Waals surface area contributed by atoms with Crippen LogP contribution in [0.25, 0.3) is 0 Å². The van der Waals surface area contributed by atoms with Gasteiger partial charge in [-0.25, -0.2) is 0 Å². The molecule has 0 saturated carbocycles. The van der Waals surface area contributed by atoms with Crippen LogP contribution in [0.3, 0.4) is 0 Å². The van der Waals surface area contributed by atoms with Gasteiger partial charge >= 0.3 is 0 Å². The van der Waals surface area contributed by atoms with Crippen molar-refractivity contribution in [2.45, 2.75) is 17.4 Å². The Balaban J connectivity index is 1.79. The SMILES string of the molecule is O=S(=O)(c1ccccc1)N1N=C(c2ccc(Br)cc2)C[C@H]1c1ccc(Br)cc1. The zero-order valence-electron chi connectivity index (χ0n) is 14.7. The van der Waals surface area contributed by atoms with E-state index in [4.69, 9.17) is 0 Å². The van der Waals surface area contributed by atoms with E-state index >= 15 is 0 Å². The number of nitrogens with zero attached hydrogens (tertiary/aromatic N) is 2. The Labute approximate surface area is 181 Å².